The summed E-state index contributed by atoms with van der Waals surface area (Å²) in [4.78, 5) is 16.4. The fourth-order valence-corrected chi connectivity index (χ4v) is 1.95. The van der Waals surface area contributed by atoms with E-state index in [0.717, 1.165) is 0 Å². The Bertz CT molecular complexity index is 445. The van der Waals surface area contributed by atoms with E-state index in [1.54, 1.807) is 18.3 Å². The smallest absolute Gasteiger partial charge is 0.244 e. The average Bonchev–Trinajstić information content (AvgIpc) is 2.42. The number of amides is 1. The van der Waals surface area contributed by atoms with Gasteiger partial charge in [0.1, 0.15) is 11.2 Å². The van der Waals surface area contributed by atoms with Gasteiger partial charge in [-0.15, -0.1) is 0 Å². The Morgan fingerprint density at radius 1 is 1.58 bits per heavy atom. The molecule has 0 atom stereocenters. The van der Waals surface area contributed by atoms with Crippen molar-refractivity contribution in [2.24, 2.45) is 5.73 Å². The van der Waals surface area contributed by atoms with Crippen molar-refractivity contribution < 1.29 is 14.3 Å². The summed E-state index contributed by atoms with van der Waals surface area (Å²) in [6.45, 7) is 3.37. The molecule has 0 bridgehead atoms. The second-order valence-electron chi connectivity index (χ2n) is 4.51. The third kappa shape index (κ3) is 3.21. The maximum atomic E-state index is 12.3. The lowest BCUT2D eigenvalue weighted by Gasteiger charge is -2.31. The Hall–Kier alpha value is -1.66. The summed E-state index contributed by atoms with van der Waals surface area (Å²) in [7, 11) is 0. The topological polar surface area (TPSA) is 86.5 Å². The highest BCUT2D eigenvalue weighted by atomic mass is 16.5. The van der Waals surface area contributed by atoms with Crippen LogP contribution in [0, 0.1) is 0 Å². The van der Waals surface area contributed by atoms with E-state index in [9.17, 15) is 4.79 Å². The number of nitrogens with zero attached hydrogens (tertiary/aromatic N) is 1. The highest BCUT2D eigenvalue weighted by Crippen LogP contribution is 2.24. The van der Waals surface area contributed by atoms with Crippen molar-refractivity contribution in [2.45, 2.75) is 25.3 Å². The summed E-state index contributed by atoms with van der Waals surface area (Å²) >= 11 is 0. The quantitative estimate of drug-likeness (QED) is 0.845. The van der Waals surface area contributed by atoms with Gasteiger partial charge < -0.3 is 20.5 Å². The Morgan fingerprint density at radius 2 is 2.32 bits per heavy atom. The van der Waals surface area contributed by atoms with Crippen molar-refractivity contribution in [3.63, 3.8) is 0 Å². The molecule has 0 aliphatic carbocycles. The van der Waals surface area contributed by atoms with Crippen molar-refractivity contribution in [1.29, 1.82) is 0 Å². The van der Waals surface area contributed by atoms with Gasteiger partial charge in [0.2, 0.25) is 11.8 Å². The lowest BCUT2D eigenvalue weighted by Crippen LogP contribution is -2.54. The molecule has 1 aromatic heterocycles. The van der Waals surface area contributed by atoms with Crippen LogP contribution in [0.3, 0.4) is 0 Å². The number of pyridine rings is 1. The molecule has 1 aliphatic rings. The van der Waals surface area contributed by atoms with Crippen molar-refractivity contribution in [3.8, 4) is 5.88 Å². The molecule has 1 saturated heterocycles. The van der Waals surface area contributed by atoms with Gasteiger partial charge in [0.05, 0.1) is 6.61 Å². The third-order valence-electron chi connectivity index (χ3n) is 3.14. The molecule has 2 rings (SSSR count). The van der Waals surface area contributed by atoms with E-state index in [2.05, 4.69) is 10.3 Å². The van der Waals surface area contributed by atoms with Crippen molar-refractivity contribution in [1.82, 2.24) is 4.98 Å². The van der Waals surface area contributed by atoms with Crippen LogP contribution < -0.4 is 15.8 Å². The normalized spacial score (nSPS) is 17.8. The van der Waals surface area contributed by atoms with Crippen LogP contribution in [0.1, 0.15) is 19.8 Å². The molecule has 6 nitrogen and oxygen atoms in total. The number of carbonyl (C=O) groups excluding carboxylic acids is 1. The summed E-state index contributed by atoms with van der Waals surface area (Å²) in [6, 6.07) is 3.49. The second kappa shape index (κ2) is 5.99. The first kappa shape index (κ1) is 13.8. The molecule has 0 saturated carbocycles. The number of hydrogen-bond donors (Lipinski definition) is 2. The number of ether oxygens (including phenoxy) is 2. The van der Waals surface area contributed by atoms with E-state index in [-0.39, 0.29) is 5.91 Å². The molecule has 0 aromatic carbocycles. The van der Waals surface area contributed by atoms with E-state index in [4.69, 9.17) is 15.2 Å². The summed E-state index contributed by atoms with van der Waals surface area (Å²) in [5.41, 5.74) is 5.79. The van der Waals surface area contributed by atoms with E-state index in [0.29, 0.717) is 44.2 Å². The van der Waals surface area contributed by atoms with Gasteiger partial charge in [-0.25, -0.2) is 4.98 Å². The number of carbonyl (C=O) groups is 1. The summed E-state index contributed by atoms with van der Waals surface area (Å²) in [5, 5.41) is 2.80. The maximum absolute atomic E-state index is 12.3. The molecule has 0 unspecified atom stereocenters. The molecule has 6 heteroatoms. The van der Waals surface area contributed by atoms with E-state index >= 15 is 0 Å². The van der Waals surface area contributed by atoms with Crippen LogP contribution in [0.25, 0.3) is 0 Å². The van der Waals surface area contributed by atoms with Gasteiger partial charge in [-0.2, -0.15) is 0 Å². The molecular formula is C13H19N3O3. The lowest BCUT2D eigenvalue weighted by molar-refractivity contribution is -0.124. The van der Waals surface area contributed by atoms with Gasteiger partial charge in [-0.05, 0) is 31.9 Å². The van der Waals surface area contributed by atoms with Crippen LogP contribution in [-0.2, 0) is 9.53 Å². The van der Waals surface area contributed by atoms with Gasteiger partial charge in [0, 0.05) is 19.4 Å². The number of nitrogens with two attached hydrogens (primary N) is 1. The zero-order chi connectivity index (χ0) is 13.7. The number of nitrogens with one attached hydrogen (secondary N) is 1. The Labute approximate surface area is 112 Å². The summed E-state index contributed by atoms with van der Waals surface area (Å²) in [6.07, 6.45) is 2.65. The zero-order valence-corrected chi connectivity index (χ0v) is 11.0. The van der Waals surface area contributed by atoms with Crippen LogP contribution in [0.2, 0.25) is 0 Å². The number of hydrogen-bond acceptors (Lipinski definition) is 5. The van der Waals surface area contributed by atoms with Crippen LogP contribution in [0.15, 0.2) is 18.3 Å². The minimum Gasteiger partial charge on any atom is -0.476 e. The average molecular weight is 265 g/mol. The molecular weight excluding hydrogens is 246 g/mol. The SMILES string of the molecule is CCOc1ncccc1NC(=O)C1(N)CCOCC1. The monoisotopic (exact) mass is 265 g/mol. The molecule has 1 aromatic rings. The summed E-state index contributed by atoms with van der Waals surface area (Å²) < 4.78 is 10.6. The lowest BCUT2D eigenvalue weighted by atomic mass is 9.90. The molecule has 19 heavy (non-hydrogen) atoms. The second-order valence-corrected chi connectivity index (χ2v) is 4.51. The largest absolute Gasteiger partial charge is 0.476 e. The maximum Gasteiger partial charge on any atom is 0.244 e. The van der Waals surface area contributed by atoms with E-state index in [1.807, 2.05) is 6.92 Å². The van der Waals surface area contributed by atoms with Crippen LogP contribution in [0.5, 0.6) is 5.88 Å². The minimum atomic E-state index is -0.877. The zero-order valence-electron chi connectivity index (χ0n) is 11.0. The molecule has 1 amide bonds. The van der Waals surface area contributed by atoms with Gasteiger partial charge >= 0.3 is 0 Å². The number of aromatic nitrogens is 1. The Morgan fingerprint density at radius 3 is 3.00 bits per heavy atom. The van der Waals surface area contributed by atoms with E-state index < -0.39 is 5.54 Å². The van der Waals surface area contributed by atoms with Crippen molar-refractivity contribution in [2.75, 3.05) is 25.1 Å². The molecule has 1 fully saturated rings. The minimum absolute atomic E-state index is 0.218. The van der Waals surface area contributed by atoms with Crippen molar-refractivity contribution >= 4 is 11.6 Å². The predicted molar refractivity (Wildman–Crippen MR) is 71.0 cm³/mol. The van der Waals surface area contributed by atoms with Crippen LogP contribution in [-0.4, -0.2) is 36.3 Å². The standard InChI is InChI=1S/C13H19N3O3/c1-2-19-11-10(4-3-7-15-11)16-12(17)13(14)5-8-18-9-6-13/h3-4,7H,2,5-6,8-9,14H2,1H3,(H,16,17). The van der Waals surface area contributed by atoms with Gasteiger partial charge in [0.25, 0.3) is 0 Å². The third-order valence-corrected chi connectivity index (χ3v) is 3.14. The molecule has 2 heterocycles. The first-order valence-corrected chi connectivity index (χ1v) is 6.41. The molecule has 0 spiro atoms. The fourth-order valence-electron chi connectivity index (χ4n) is 1.95. The van der Waals surface area contributed by atoms with Gasteiger partial charge in [-0.3, -0.25) is 4.79 Å². The Balaban J connectivity index is 2.10. The first-order chi connectivity index (χ1) is 9.15. The predicted octanol–water partition coefficient (Wildman–Crippen LogP) is 0.927. The van der Waals surface area contributed by atoms with Gasteiger partial charge in [-0.1, -0.05) is 0 Å². The Kier molecular flexibility index (Phi) is 4.34. The first-order valence-electron chi connectivity index (χ1n) is 6.41. The number of anilines is 1. The molecule has 104 valence electrons. The van der Waals surface area contributed by atoms with Crippen LogP contribution >= 0.6 is 0 Å². The van der Waals surface area contributed by atoms with Gasteiger partial charge in [0.15, 0.2) is 0 Å². The molecule has 1 aliphatic heterocycles. The summed E-state index contributed by atoms with van der Waals surface area (Å²) in [5.74, 6) is 0.193. The van der Waals surface area contributed by atoms with E-state index in [1.165, 1.54) is 0 Å². The van der Waals surface area contributed by atoms with Crippen LogP contribution in [0.4, 0.5) is 5.69 Å². The molecule has 0 radical (unpaired) electrons. The highest BCUT2D eigenvalue weighted by molar-refractivity contribution is 5.98. The van der Waals surface area contributed by atoms with Crippen molar-refractivity contribution in [3.05, 3.63) is 18.3 Å². The highest BCUT2D eigenvalue weighted by Gasteiger charge is 2.36. The molecule has 3 N–H and O–H groups in total. The fraction of sp³-hybridized carbons (Fsp3) is 0.538. The number of rotatable bonds is 4.